The Bertz CT molecular complexity index is 729. The summed E-state index contributed by atoms with van der Waals surface area (Å²) in [5.74, 6) is 0.257. The van der Waals surface area contributed by atoms with Gasteiger partial charge < -0.3 is 9.14 Å². The van der Waals surface area contributed by atoms with E-state index < -0.39 is 0 Å². The molecule has 94 valence electrons. The third kappa shape index (κ3) is 2.22. The van der Waals surface area contributed by atoms with Gasteiger partial charge in [-0.3, -0.25) is 4.79 Å². The van der Waals surface area contributed by atoms with Crippen LogP contribution in [0.4, 0.5) is 0 Å². The Morgan fingerprint density at radius 1 is 1.11 bits per heavy atom. The van der Waals surface area contributed by atoms with Gasteiger partial charge >= 0.3 is 5.97 Å². The third-order valence-corrected chi connectivity index (χ3v) is 2.96. The number of rotatable bonds is 2. The molecular formula is C16H13NO2. The molecule has 0 N–H and O–H groups in total. The summed E-state index contributed by atoms with van der Waals surface area (Å²) in [6, 6.07) is 16.1. The first kappa shape index (κ1) is 11.5. The monoisotopic (exact) mass is 251 g/mol. The highest BCUT2D eigenvalue weighted by atomic mass is 16.5. The van der Waals surface area contributed by atoms with Gasteiger partial charge in [0.25, 0.3) is 0 Å². The standard InChI is InChI=1S/C16H13NO2/c1-12(18)19-14-10-16-15(8-5-9-17(16)11-14)13-6-3-2-4-7-13/h2-11H,1H3. The van der Waals surface area contributed by atoms with Gasteiger partial charge in [0.1, 0.15) is 5.75 Å². The smallest absolute Gasteiger partial charge is 0.308 e. The number of hydrogen-bond donors (Lipinski definition) is 0. The first-order chi connectivity index (χ1) is 9.24. The maximum absolute atomic E-state index is 11.0. The molecule has 0 saturated carbocycles. The van der Waals surface area contributed by atoms with Gasteiger partial charge in [0.05, 0.1) is 11.7 Å². The number of carbonyl (C=O) groups excluding carboxylic acids is 1. The van der Waals surface area contributed by atoms with Gasteiger partial charge in [-0.2, -0.15) is 0 Å². The largest absolute Gasteiger partial charge is 0.425 e. The summed E-state index contributed by atoms with van der Waals surface area (Å²) in [5.41, 5.74) is 3.27. The van der Waals surface area contributed by atoms with Crippen molar-refractivity contribution in [1.82, 2.24) is 4.40 Å². The molecule has 0 aliphatic heterocycles. The van der Waals surface area contributed by atoms with Crippen LogP contribution < -0.4 is 4.74 Å². The van der Waals surface area contributed by atoms with Crippen molar-refractivity contribution < 1.29 is 9.53 Å². The Kier molecular flexibility index (Phi) is 2.80. The van der Waals surface area contributed by atoms with Crippen molar-refractivity contribution in [3.8, 4) is 16.9 Å². The maximum Gasteiger partial charge on any atom is 0.308 e. The SMILES string of the molecule is CC(=O)Oc1cc2c(-c3ccccc3)cccn2c1. The summed E-state index contributed by atoms with van der Waals surface area (Å²) in [7, 11) is 0. The second-order valence-corrected chi connectivity index (χ2v) is 4.35. The molecule has 0 saturated heterocycles. The van der Waals surface area contributed by atoms with E-state index in [-0.39, 0.29) is 5.97 Å². The Balaban J connectivity index is 2.15. The van der Waals surface area contributed by atoms with E-state index in [1.165, 1.54) is 6.92 Å². The van der Waals surface area contributed by atoms with E-state index in [0.717, 1.165) is 16.6 Å². The van der Waals surface area contributed by atoms with Crippen LogP contribution in [0.1, 0.15) is 6.92 Å². The van der Waals surface area contributed by atoms with Gasteiger partial charge in [0, 0.05) is 24.8 Å². The van der Waals surface area contributed by atoms with E-state index in [2.05, 4.69) is 18.2 Å². The molecule has 0 amide bonds. The molecule has 3 aromatic rings. The minimum Gasteiger partial charge on any atom is -0.425 e. The van der Waals surface area contributed by atoms with Crippen molar-refractivity contribution >= 4 is 11.5 Å². The van der Waals surface area contributed by atoms with Crippen molar-refractivity contribution in [3.05, 3.63) is 60.9 Å². The Hall–Kier alpha value is -2.55. The molecule has 3 rings (SSSR count). The lowest BCUT2D eigenvalue weighted by Gasteiger charge is -2.03. The number of carbonyl (C=O) groups is 1. The van der Waals surface area contributed by atoms with Crippen LogP contribution in [-0.2, 0) is 4.79 Å². The molecule has 2 heterocycles. The third-order valence-electron chi connectivity index (χ3n) is 2.96. The van der Waals surface area contributed by atoms with Crippen molar-refractivity contribution in [1.29, 1.82) is 0 Å². The summed E-state index contributed by atoms with van der Waals surface area (Å²) < 4.78 is 7.09. The molecule has 0 bridgehead atoms. The number of benzene rings is 1. The number of fused-ring (bicyclic) bond motifs is 1. The van der Waals surface area contributed by atoms with Crippen LogP contribution in [0.3, 0.4) is 0 Å². The van der Waals surface area contributed by atoms with Crippen LogP contribution in [0.2, 0.25) is 0 Å². The molecule has 0 spiro atoms. The molecule has 1 aromatic carbocycles. The van der Waals surface area contributed by atoms with E-state index in [9.17, 15) is 4.79 Å². The molecular weight excluding hydrogens is 238 g/mol. The van der Waals surface area contributed by atoms with Crippen LogP contribution in [0, 0.1) is 0 Å². The van der Waals surface area contributed by atoms with Gasteiger partial charge in [0.2, 0.25) is 0 Å². The average Bonchev–Trinajstić information content (AvgIpc) is 2.80. The number of ether oxygens (including phenoxy) is 1. The predicted octanol–water partition coefficient (Wildman–Crippen LogP) is 3.53. The van der Waals surface area contributed by atoms with Crippen LogP contribution in [0.15, 0.2) is 60.9 Å². The van der Waals surface area contributed by atoms with Gasteiger partial charge in [-0.05, 0) is 11.6 Å². The molecule has 0 fully saturated rings. The zero-order chi connectivity index (χ0) is 13.2. The minimum absolute atomic E-state index is 0.308. The fourth-order valence-electron chi connectivity index (χ4n) is 2.19. The summed E-state index contributed by atoms with van der Waals surface area (Å²) in [5, 5.41) is 0. The minimum atomic E-state index is -0.308. The van der Waals surface area contributed by atoms with Gasteiger partial charge in [-0.15, -0.1) is 0 Å². The highest BCUT2D eigenvalue weighted by molar-refractivity contribution is 5.82. The summed E-state index contributed by atoms with van der Waals surface area (Å²) >= 11 is 0. The predicted molar refractivity (Wildman–Crippen MR) is 74.1 cm³/mol. The quantitative estimate of drug-likeness (QED) is 0.652. The van der Waals surface area contributed by atoms with E-state index in [4.69, 9.17) is 4.74 Å². The van der Waals surface area contributed by atoms with Gasteiger partial charge in [-0.25, -0.2) is 0 Å². The van der Waals surface area contributed by atoms with Crippen LogP contribution in [0.25, 0.3) is 16.6 Å². The fourth-order valence-corrected chi connectivity index (χ4v) is 2.19. The number of aromatic nitrogens is 1. The lowest BCUT2D eigenvalue weighted by Crippen LogP contribution is -1.99. The van der Waals surface area contributed by atoms with Crippen molar-refractivity contribution in [2.45, 2.75) is 6.92 Å². The van der Waals surface area contributed by atoms with Crippen LogP contribution in [-0.4, -0.2) is 10.4 Å². The first-order valence-corrected chi connectivity index (χ1v) is 6.08. The number of pyridine rings is 1. The normalized spacial score (nSPS) is 10.6. The first-order valence-electron chi connectivity index (χ1n) is 6.08. The van der Waals surface area contributed by atoms with Crippen LogP contribution in [0.5, 0.6) is 5.75 Å². The molecule has 0 atom stereocenters. The lowest BCUT2D eigenvalue weighted by atomic mass is 10.1. The van der Waals surface area contributed by atoms with Crippen LogP contribution >= 0.6 is 0 Å². The fraction of sp³-hybridized carbons (Fsp3) is 0.0625. The molecule has 2 aromatic heterocycles. The Morgan fingerprint density at radius 3 is 2.63 bits per heavy atom. The van der Waals surface area contributed by atoms with Crippen molar-refractivity contribution in [2.75, 3.05) is 0 Å². The molecule has 19 heavy (non-hydrogen) atoms. The van der Waals surface area contributed by atoms with E-state index in [1.807, 2.05) is 47.1 Å². The lowest BCUT2D eigenvalue weighted by molar-refractivity contribution is -0.131. The Labute approximate surface area is 111 Å². The molecule has 0 radical (unpaired) electrons. The zero-order valence-corrected chi connectivity index (χ0v) is 10.5. The molecule has 0 aliphatic rings. The van der Waals surface area contributed by atoms with Crippen molar-refractivity contribution in [3.63, 3.8) is 0 Å². The number of esters is 1. The maximum atomic E-state index is 11.0. The zero-order valence-electron chi connectivity index (χ0n) is 10.5. The molecule has 3 nitrogen and oxygen atoms in total. The topological polar surface area (TPSA) is 30.7 Å². The highest BCUT2D eigenvalue weighted by Gasteiger charge is 2.07. The molecule has 0 aliphatic carbocycles. The average molecular weight is 251 g/mol. The summed E-state index contributed by atoms with van der Waals surface area (Å²) in [4.78, 5) is 11.0. The number of hydrogen-bond acceptors (Lipinski definition) is 2. The molecule has 0 unspecified atom stereocenters. The van der Waals surface area contributed by atoms with Crippen molar-refractivity contribution in [2.24, 2.45) is 0 Å². The van der Waals surface area contributed by atoms with E-state index >= 15 is 0 Å². The second kappa shape index (κ2) is 4.61. The highest BCUT2D eigenvalue weighted by Crippen LogP contribution is 2.28. The van der Waals surface area contributed by atoms with Gasteiger partial charge in [0.15, 0.2) is 0 Å². The summed E-state index contributed by atoms with van der Waals surface area (Å²) in [6.45, 7) is 1.40. The number of nitrogens with zero attached hydrogens (tertiary/aromatic N) is 1. The van der Waals surface area contributed by atoms with E-state index in [1.54, 1.807) is 0 Å². The second-order valence-electron chi connectivity index (χ2n) is 4.35. The summed E-state index contributed by atoms with van der Waals surface area (Å²) in [6.07, 6.45) is 3.75. The van der Waals surface area contributed by atoms with E-state index in [0.29, 0.717) is 5.75 Å². The van der Waals surface area contributed by atoms with Gasteiger partial charge in [-0.1, -0.05) is 36.4 Å². The molecule has 3 heteroatoms. The Morgan fingerprint density at radius 2 is 1.89 bits per heavy atom.